The normalized spacial score (nSPS) is 17.3. The van der Waals surface area contributed by atoms with Crippen LogP contribution in [-0.2, 0) is 22.4 Å². The van der Waals surface area contributed by atoms with Crippen LogP contribution in [-0.4, -0.2) is 30.3 Å². The Labute approximate surface area is 191 Å². The highest BCUT2D eigenvalue weighted by atomic mass is 32.1. The number of carbonyl (C=O) groups excluding carboxylic acids is 2. The molecule has 176 valence electrons. The van der Waals surface area contributed by atoms with Gasteiger partial charge >= 0.3 is 17.8 Å². The van der Waals surface area contributed by atoms with Crippen molar-refractivity contribution in [3.63, 3.8) is 0 Å². The Hall–Kier alpha value is -3.13. The number of alkyl halides is 3. The van der Waals surface area contributed by atoms with Gasteiger partial charge in [0.15, 0.2) is 0 Å². The lowest BCUT2D eigenvalue weighted by Gasteiger charge is -2.35. The lowest BCUT2D eigenvalue weighted by molar-refractivity contribution is -0.204. The van der Waals surface area contributed by atoms with Gasteiger partial charge in [0.05, 0.1) is 17.7 Å². The molecular weight excluding hydrogens is 462 g/mol. The van der Waals surface area contributed by atoms with Crippen LogP contribution in [0, 0.1) is 23.1 Å². The number of fused-ring (bicyclic) bond motifs is 1. The third-order valence-electron chi connectivity index (χ3n) is 5.35. The molecule has 1 amide bonds. The molecule has 1 heterocycles. The molecule has 1 aromatic carbocycles. The molecule has 0 bridgehead atoms. The van der Waals surface area contributed by atoms with Crippen molar-refractivity contribution < 1.29 is 31.9 Å². The van der Waals surface area contributed by atoms with E-state index in [9.17, 15) is 32.4 Å². The second-order valence-corrected chi connectivity index (χ2v) is 8.80. The first-order valence-corrected chi connectivity index (χ1v) is 11.0. The second kappa shape index (κ2) is 9.39. The molecule has 1 aliphatic carbocycles. The molecule has 2 atom stereocenters. The largest absolute Gasteiger partial charge is 0.463 e. The van der Waals surface area contributed by atoms with Crippen LogP contribution in [0.15, 0.2) is 24.3 Å². The number of thiophene rings is 1. The van der Waals surface area contributed by atoms with Gasteiger partial charge in [-0.05, 0) is 49.8 Å². The SMILES string of the molecule is CCOC(=O)C(NC(=O)c1ccccc1F)(Nc1sc2c(c1C#N)CCC(C)C2)C(F)(F)F. The number of hydrogen-bond donors (Lipinski definition) is 2. The van der Waals surface area contributed by atoms with Crippen molar-refractivity contribution in [2.45, 2.75) is 44.9 Å². The van der Waals surface area contributed by atoms with Crippen LogP contribution in [0.25, 0.3) is 0 Å². The molecule has 33 heavy (non-hydrogen) atoms. The van der Waals surface area contributed by atoms with Crippen molar-refractivity contribution in [1.29, 1.82) is 5.26 Å². The van der Waals surface area contributed by atoms with Crippen LogP contribution in [0.4, 0.5) is 22.6 Å². The molecule has 0 radical (unpaired) electrons. The van der Waals surface area contributed by atoms with Gasteiger partial charge in [0.1, 0.15) is 16.9 Å². The van der Waals surface area contributed by atoms with E-state index in [0.29, 0.717) is 18.4 Å². The Morgan fingerprint density at radius 3 is 2.61 bits per heavy atom. The van der Waals surface area contributed by atoms with Gasteiger partial charge in [0.2, 0.25) is 0 Å². The first-order valence-electron chi connectivity index (χ1n) is 10.2. The maximum absolute atomic E-state index is 14.4. The molecule has 2 N–H and O–H groups in total. The number of carbonyl (C=O) groups is 2. The van der Waals surface area contributed by atoms with Crippen molar-refractivity contribution in [2.24, 2.45) is 5.92 Å². The molecular formula is C22H21F4N3O3S. The van der Waals surface area contributed by atoms with Crippen LogP contribution >= 0.6 is 11.3 Å². The molecule has 0 saturated carbocycles. The highest BCUT2D eigenvalue weighted by molar-refractivity contribution is 7.16. The Morgan fingerprint density at radius 2 is 2.00 bits per heavy atom. The van der Waals surface area contributed by atoms with Gasteiger partial charge in [-0.15, -0.1) is 11.3 Å². The van der Waals surface area contributed by atoms with E-state index < -0.39 is 41.7 Å². The Bertz CT molecular complexity index is 1110. The van der Waals surface area contributed by atoms with Crippen molar-refractivity contribution in [2.75, 3.05) is 11.9 Å². The summed E-state index contributed by atoms with van der Waals surface area (Å²) >= 11 is 0.928. The van der Waals surface area contributed by atoms with Crippen LogP contribution in [0.5, 0.6) is 0 Å². The second-order valence-electron chi connectivity index (χ2n) is 7.69. The number of amides is 1. The summed E-state index contributed by atoms with van der Waals surface area (Å²) in [5.41, 5.74) is -3.81. The molecule has 6 nitrogen and oxygen atoms in total. The predicted molar refractivity (Wildman–Crippen MR) is 113 cm³/mol. The zero-order chi connectivity index (χ0) is 24.4. The van der Waals surface area contributed by atoms with E-state index in [1.165, 1.54) is 19.1 Å². The van der Waals surface area contributed by atoms with Crippen LogP contribution < -0.4 is 10.6 Å². The minimum absolute atomic E-state index is 0.0139. The summed E-state index contributed by atoms with van der Waals surface area (Å²) in [6.07, 6.45) is -3.54. The number of benzene rings is 1. The number of ether oxygens (including phenoxy) is 1. The number of nitriles is 1. The fourth-order valence-corrected chi connectivity index (χ4v) is 5.06. The molecule has 0 spiro atoms. The lowest BCUT2D eigenvalue weighted by Crippen LogP contribution is -2.69. The van der Waals surface area contributed by atoms with Gasteiger partial charge in [0, 0.05) is 4.88 Å². The summed E-state index contributed by atoms with van der Waals surface area (Å²) in [6.45, 7) is 2.90. The summed E-state index contributed by atoms with van der Waals surface area (Å²) in [5.74, 6) is -4.08. The average molecular weight is 483 g/mol. The maximum atomic E-state index is 14.4. The zero-order valence-corrected chi connectivity index (χ0v) is 18.6. The summed E-state index contributed by atoms with van der Waals surface area (Å²) < 4.78 is 62.1. The van der Waals surface area contributed by atoms with E-state index in [4.69, 9.17) is 0 Å². The van der Waals surface area contributed by atoms with E-state index in [0.717, 1.165) is 34.8 Å². The van der Waals surface area contributed by atoms with Gasteiger partial charge in [-0.3, -0.25) is 4.79 Å². The molecule has 1 aromatic heterocycles. The van der Waals surface area contributed by atoms with Crippen molar-refractivity contribution in [3.05, 3.63) is 51.7 Å². The standard InChI is InChI=1S/C22H21F4N3O3S/c1-3-32-20(31)21(22(24,25)26,28-18(30)14-6-4-5-7-16(14)23)29-19-15(11-27)13-9-8-12(2)10-17(13)33-19/h4-7,12,29H,3,8-10H2,1-2H3,(H,28,30). The van der Waals surface area contributed by atoms with Crippen molar-refractivity contribution >= 4 is 28.2 Å². The van der Waals surface area contributed by atoms with E-state index in [1.54, 1.807) is 5.32 Å². The first-order chi connectivity index (χ1) is 15.5. The topological polar surface area (TPSA) is 91.2 Å². The Balaban J connectivity index is 2.12. The number of hydrogen-bond acceptors (Lipinski definition) is 6. The van der Waals surface area contributed by atoms with E-state index >= 15 is 0 Å². The minimum atomic E-state index is -5.40. The van der Waals surface area contributed by atoms with Crippen molar-refractivity contribution in [3.8, 4) is 6.07 Å². The molecule has 3 rings (SSSR count). The molecule has 0 fully saturated rings. The number of anilines is 1. The van der Waals surface area contributed by atoms with E-state index in [-0.39, 0.29) is 16.5 Å². The maximum Gasteiger partial charge on any atom is 0.441 e. The number of nitrogens with one attached hydrogen (secondary N) is 2. The van der Waals surface area contributed by atoms with E-state index in [2.05, 4.69) is 10.1 Å². The molecule has 1 aliphatic rings. The monoisotopic (exact) mass is 483 g/mol. The van der Waals surface area contributed by atoms with Crippen LogP contribution in [0.2, 0.25) is 0 Å². The predicted octanol–water partition coefficient (Wildman–Crippen LogP) is 4.55. The third-order valence-corrected chi connectivity index (χ3v) is 6.52. The van der Waals surface area contributed by atoms with Crippen LogP contribution in [0.3, 0.4) is 0 Å². The Kier molecular flexibility index (Phi) is 6.97. The summed E-state index contributed by atoms with van der Waals surface area (Å²) in [4.78, 5) is 26.1. The zero-order valence-electron chi connectivity index (χ0n) is 17.8. The molecule has 11 heteroatoms. The van der Waals surface area contributed by atoms with Crippen LogP contribution in [0.1, 0.15) is 46.6 Å². The fraction of sp³-hybridized carbons (Fsp3) is 0.409. The number of esters is 1. The number of halogens is 4. The molecule has 2 aromatic rings. The minimum Gasteiger partial charge on any atom is -0.463 e. The highest BCUT2D eigenvalue weighted by Crippen LogP contribution is 2.42. The van der Waals surface area contributed by atoms with Gasteiger partial charge in [-0.2, -0.15) is 18.4 Å². The molecule has 0 aliphatic heterocycles. The first kappa shape index (κ1) is 24.5. The number of nitrogens with zero attached hydrogens (tertiary/aromatic N) is 1. The quantitative estimate of drug-likeness (QED) is 0.358. The molecule has 0 saturated heterocycles. The van der Waals surface area contributed by atoms with Gasteiger partial charge in [-0.25, -0.2) is 9.18 Å². The smallest absolute Gasteiger partial charge is 0.441 e. The van der Waals surface area contributed by atoms with Gasteiger partial charge in [0.25, 0.3) is 5.91 Å². The summed E-state index contributed by atoms with van der Waals surface area (Å²) in [5, 5.41) is 13.1. The number of rotatable bonds is 6. The average Bonchev–Trinajstić information content (AvgIpc) is 3.08. The van der Waals surface area contributed by atoms with Gasteiger partial charge in [-0.1, -0.05) is 19.1 Å². The molecule has 2 unspecified atom stereocenters. The van der Waals surface area contributed by atoms with E-state index in [1.807, 2.05) is 13.0 Å². The fourth-order valence-electron chi connectivity index (χ4n) is 3.64. The third kappa shape index (κ3) is 4.66. The lowest BCUT2D eigenvalue weighted by atomic mass is 9.88. The summed E-state index contributed by atoms with van der Waals surface area (Å²) in [6, 6.07) is 6.35. The highest BCUT2D eigenvalue weighted by Gasteiger charge is 2.64. The summed E-state index contributed by atoms with van der Waals surface area (Å²) in [7, 11) is 0. The Morgan fingerprint density at radius 1 is 1.30 bits per heavy atom. The van der Waals surface area contributed by atoms with Gasteiger partial charge < -0.3 is 15.4 Å². The van der Waals surface area contributed by atoms with Crippen molar-refractivity contribution in [1.82, 2.24) is 5.32 Å².